The average molecular weight is 493 g/mol. The molecule has 0 spiro atoms. The van der Waals surface area contributed by atoms with Crippen molar-refractivity contribution in [2.75, 3.05) is 16.4 Å². The molecule has 1 amide bonds. The third kappa shape index (κ3) is 4.41. The van der Waals surface area contributed by atoms with Crippen molar-refractivity contribution in [3.63, 3.8) is 0 Å². The molecule has 8 nitrogen and oxygen atoms in total. The number of fused-ring (bicyclic) bond motifs is 2. The summed E-state index contributed by atoms with van der Waals surface area (Å²) in [6.45, 7) is -0.988. The van der Waals surface area contributed by atoms with Gasteiger partial charge in [0.15, 0.2) is 0 Å². The maximum absolute atomic E-state index is 13.2. The fourth-order valence-electron chi connectivity index (χ4n) is 3.70. The molecule has 11 heteroatoms. The Labute approximate surface area is 201 Å². The van der Waals surface area contributed by atoms with E-state index in [0.717, 1.165) is 16.3 Å². The lowest BCUT2D eigenvalue weighted by Gasteiger charge is -2.15. The van der Waals surface area contributed by atoms with Gasteiger partial charge >= 0.3 is 6.61 Å². The number of nitrogens with zero attached hydrogens (tertiary/aromatic N) is 3. The number of aromatic nitrogens is 3. The Morgan fingerprint density at radius 1 is 1.06 bits per heavy atom. The van der Waals surface area contributed by atoms with E-state index in [9.17, 15) is 13.6 Å². The first-order valence-corrected chi connectivity index (χ1v) is 11.3. The minimum absolute atomic E-state index is 0.0602. The molecule has 0 fully saturated rings. The molecule has 35 heavy (non-hydrogen) atoms. The Morgan fingerprint density at radius 2 is 1.86 bits per heavy atom. The van der Waals surface area contributed by atoms with Gasteiger partial charge in [-0.05, 0) is 42.8 Å². The molecule has 5 aromatic rings. The van der Waals surface area contributed by atoms with Crippen LogP contribution in [-0.4, -0.2) is 27.5 Å². The number of benzene rings is 2. The van der Waals surface area contributed by atoms with Crippen molar-refractivity contribution in [3.05, 3.63) is 71.5 Å². The van der Waals surface area contributed by atoms with Gasteiger partial charge < -0.3 is 21.1 Å². The molecule has 2 aromatic carbocycles. The van der Waals surface area contributed by atoms with Crippen molar-refractivity contribution in [1.82, 2.24) is 15.0 Å². The largest absolute Gasteiger partial charge is 0.435 e. The van der Waals surface area contributed by atoms with E-state index in [1.807, 2.05) is 25.1 Å². The Hall–Kier alpha value is -4.38. The molecule has 0 bridgehead atoms. The van der Waals surface area contributed by atoms with Gasteiger partial charge in [-0.15, -0.1) is 11.3 Å². The highest BCUT2D eigenvalue weighted by molar-refractivity contribution is 7.18. The van der Waals surface area contributed by atoms with Gasteiger partial charge in [-0.25, -0.2) is 15.0 Å². The molecule has 0 saturated carbocycles. The van der Waals surface area contributed by atoms with Gasteiger partial charge in [0.05, 0.1) is 21.5 Å². The minimum Gasteiger partial charge on any atom is -0.435 e. The fraction of sp³-hybridized carbons (Fsp3) is 0.0833. The summed E-state index contributed by atoms with van der Waals surface area (Å²) in [6.07, 6.45) is 2.96. The van der Waals surface area contributed by atoms with E-state index in [0.29, 0.717) is 38.8 Å². The number of carbonyl (C=O) groups is 1. The number of pyridine rings is 1. The predicted molar refractivity (Wildman–Crippen MR) is 133 cm³/mol. The van der Waals surface area contributed by atoms with E-state index < -0.39 is 6.61 Å². The molecular formula is C24H18F2N6O2S. The second kappa shape index (κ2) is 9.11. The Kier molecular flexibility index (Phi) is 5.83. The van der Waals surface area contributed by atoms with Gasteiger partial charge in [0.1, 0.15) is 23.7 Å². The highest BCUT2D eigenvalue weighted by atomic mass is 32.1. The van der Waals surface area contributed by atoms with Gasteiger partial charge in [-0.3, -0.25) is 4.79 Å². The number of carbonyl (C=O) groups excluding carboxylic acids is 1. The van der Waals surface area contributed by atoms with Crippen molar-refractivity contribution >= 4 is 61.2 Å². The lowest BCUT2D eigenvalue weighted by Crippen LogP contribution is -2.13. The summed E-state index contributed by atoms with van der Waals surface area (Å²) in [6, 6.07) is 11.7. The molecule has 0 saturated heterocycles. The van der Waals surface area contributed by atoms with Crippen LogP contribution in [0.5, 0.6) is 5.75 Å². The van der Waals surface area contributed by atoms with E-state index in [2.05, 4.69) is 30.3 Å². The lowest BCUT2D eigenvalue weighted by atomic mass is 10.0. The number of alkyl halides is 2. The number of aryl methyl sites for hydroxylation is 1. The number of amides is 1. The summed E-state index contributed by atoms with van der Waals surface area (Å²) < 4.78 is 29.8. The topological polar surface area (TPSA) is 115 Å². The molecule has 0 aliphatic carbocycles. The zero-order chi connectivity index (χ0) is 24.5. The summed E-state index contributed by atoms with van der Waals surface area (Å²) >= 11 is 1.31. The number of thiophene rings is 1. The smallest absolute Gasteiger partial charge is 0.387 e. The number of halogens is 2. The average Bonchev–Trinajstić information content (AvgIpc) is 3.28. The van der Waals surface area contributed by atoms with Crippen LogP contribution in [0.4, 0.5) is 31.8 Å². The third-order valence-electron chi connectivity index (χ3n) is 5.36. The summed E-state index contributed by atoms with van der Waals surface area (Å²) in [4.78, 5) is 25.8. The van der Waals surface area contributed by atoms with Crippen molar-refractivity contribution in [3.8, 4) is 5.75 Å². The zero-order valence-corrected chi connectivity index (χ0v) is 19.1. The molecule has 0 unspecified atom stereocenters. The minimum atomic E-state index is -2.89. The standard InChI is InChI=1S/C24H18F2N6O2S/c1-12-2-7-16-15(8-9-28-22(16)31-13-3-5-14(6-4-13)34-24(25)26)18(12)32-23(33)17-10-35-20-19(17)29-11-30-21(20)27/h2-11,24H,1H3,(H,28,31)(H,32,33)(H2,27,29,30). The van der Waals surface area contributed by atoms with E-state index in [1.54, 1.807) is 23.7 Å². The molecule has 0 atom stereocenters. The summed E-state index contributed by atoms with van der Waals surface area (Å²) in [5.74, 6) is 0.619. The third-order valence-corrected chi connectivity index (χ3v) is 6.35. The van der Waals surface area contributed by atoms with Gasteiger partial charge in [0.25, 0.3) is 5.91 Å². The molecule has 0 radical (unpaired) electrons. The number of nitrogen functional groups attached to an aromatic ring is 1. The fourth-order valence-corrected chi connectivity index (χ4v) is 4.60. The molecule has 0 aliphatic heterocycles. The maximum Gasteiger partial charge on any atom is 0.387 e. The SMILES string of the molecule is Cc1ccc2c(Nc3ccc(OC(F)F)cc3)nccc2c1NC(=O)c1csc2c(N)ncnc12. The highest BCUT2D eigenvalue weighted by Crippen LogP contribution is 2.34. The van der Waals surface area contributed by atoms with Crippen LogP contribution < -0.4 is 21.1 Å². The van der Waals surface area contributed by atoms with Crippen LogP contribution in [0.2, 0.25) is 0 Å². The number of nitrogens with two attached hydrogens (primary N) is 1. The van der Waals surface area contributed by atoms with Crippen molar-refractivity contribution in [1.29, 1.82) is 0 Å². The lowest BCUT2D eigenvalue weighted by molar-refractivity contribution is -0.0498. The first kappa shape index (κ1) is 22.4. The molecule has 176 valence electrons. The number of anilines is 4. The molecular weight excluding hydrogens is 474 g/mol. The number of ether oxygens (including phenoxy) is 1. The Morgan fingerprint density at radius 3 is 2.63 bits per heavy atom. The predicted octanol–water partition coefficient (Wildman–Crippen LogP) is 5.73. The van der Waals surface area contributed by atoms with Crippen LogP contribution in [0.3, 0.4) is 0 Å². The molecule has 5 rings (SSSR count). The first-order valence-electron chi connectivity index (χ1n) is 10.4. The molecule has 0 aliphatic rings. The number of hydrogen-bond acceptors (Lipinski definition) is 8. The quantitative estimate of drug-likeness (QED) is 0.277. The summed E-state index contributed by atoms with van der Waals surface area (Å²) in [5.41, 5.74) is 8.96. The summed E-state index contributed by atoms with van der Waals surface area (Å²) in [7, 11) is 0. The summed E-state index contributed by atoms with van der Waals surface area (Å²) in [5, 5.41) is 9.45. The van der Waals surface area contributed by atoms with Crippen molar-refractivity contribution in [2.45, 2.75) is 13.5 Å². The number of hydrogen-bond donors (Lipinski definition) is 3. The van der Waals surface area contributed by atoms with E-state index >= 15 is 0 Å². The van der Waals surface area contributed by atoms with Crippen LogP contribution in [-0.2, 0) is 0 Å². The van der Waals surface area contributed by atoms with Crippen molar-refractivity contribution in [2.24, 2.45) is 0 Å². The van der Waals surface area contributed by atoms with Crippen LogP contribution in [0.15, 0.2) is 60.4 Å². The maximum atomic E-state index is 13.2. The monoisotopic (exact) mass is 492 g/mol. The van der Waals surface area contributed by atoms with Gasteiger partial charge in [-0.2, -0.15) is 8.78 Å². The van der Waals surface area contributed by atoms with Crippen LogP contribution >= 0.6 is 11.3 Å². The normalized spacial score (nSPS) is 11.2. The van der Waals surface area contributed by atoms with E-state index in [4.69, 9.17) is 5.73 Å². The van der Waals surface area contributed by atoms with Crippen LogP contribution in [0.1, 0.15) is 15.9 Å². The van der Waals surface area contributed by atoms with Gasteiger partial charge in [0.2, 0.25) is 0 Å². The highest BCUT2D eigenvalue weighted by Gasteiger charge is 2.18. The first-order chi connectivity index (χ1) is 16.9. The molecule has 3 heterocycles. The Bertz CT molecular complexity index is 1560. The number of rotatable bonds is 6. The van der Waals surface area contributed by atoms with Crippen LogP contribution in [0.25, 0.3) is 21.0 Å². The zero-order valence-electron chi connectivity index (χ0n) is 18.3. The second-order valence-electron chi connectivity index (χ2n) is 7.58. The van der Waals surface area contributed by atoms with Gasteiger partial charge in [-0.1, -0.05) is 12.1 Å². The molecule has 3 aromatic heterocycles. The second-order valence-corrected chi connectivity index (χ2v) is 8.46. The molecule has 4 N–H and O–H groups in total. The van der Waals surface area contributed by atoms with Crippen LogP contribution in [0, 0.1) is 6.92 Å². The Balaban J connectivity index is 1.47. The van der Waals surface area contributed by atoms with Gasteiger partial charge in [0, 0.05) is 28.0 Å². The van der Waals surface area contributed by atoms with E-state index in [1.165, 1.54) is 29.8 Å². The van der Waals surface area contributed by atoms with E-state index in [-0.39, 0.29) is 11.7 Å². The van der Waals surface area contributed by atoms with Crippen molar-refractivity contribution < 1.29 is 18.3 Å². The number of nitrogens with one attached hydrogen (secondary N) is 2.